The molecule has 0 aliphatic carbocycles. The van der Waals surface area contributed by atoms with E-state index in [0.717, 1.165) is 19.3 Å². The summed E-state index contributed by atoms with van der Waals surface area (Å²) in [5, 5.41) is 0. The zero-order chi connectivity index (χ0) is 19.3. The second-order valence-electron chi connectivity index (χ2n) is 7.10. The summed E-state index contributed by atoms with van der Waals surface area (Å²) < 4.78 is 27.3. The third-order valence-corrected chi connectivity index (χ3v) is 6.69. The second-order valence-corrected chi connectivity index (χ2v) is 8.84. The van der Waals surface area contributed by atoms with Gasteiger partial charge in [0.1, 0.15) is 0 Å². The van der Waals surface area contributed by atoms with Gasteiger partial charge in [0.2, 0.25) is 15.9 Å². The first kappa shape index (κ1) is 19.6. The van der Waals surface area contributed by atoms with E-state index in [4.69, 9.17) is 0 Å². The highest BCUT2D eigenvalue weighted by Crippen LogP contribution is 2.21. The van der Waals surface area contributed by atoms with Gasteiger partial charge in [-0.05, 0) is 49.3 Å². The van der Waals surface area contributed by atoms with Crippen LogP contribution in [0.1, 0.15) is 24.0 Å². The molecule has 0 radical (unpaired) electrons. The summed E-state index contributed by atoms with van der Waals surface area (Å²) >= 11 is 0. The van der Waals surface area contributed by atoms with Crippen molar-refractivity contribution in [1.82, 2.24) is 9.62 Å². The fourth-order valence-corrected chi connectivity index (χ4v) is 4.76. The van der Waals surface area contributed by atoms with Crippen LogP contribution in [0, 0.1) is 12.8 Å². The first-order chi connectivity index (χ1) is 13.0. The number of nitrogens with one attached hydrogen (secondary N) is 1. The SMILES string of the molecule is Cc1ccccc1S(=O)(=O)NCC(=O)N1CCC(Cc2ccccc2)CC1. The molecule has 0 saturated carbocycles. The minimum Gasteiger partial charge on any atom is -0.342 e. The summed E-state index contributed by atoms with van der Waals surface area (Å²) in [6.45, 7) is 2.92. The maximum absolute atomic E-state index is 12.4. The highest BCUT2D eigenvalue weighted by atomic mass is 32.2. The summed E-state index contributed by atoms with van der Waals surface area (Å²) in [7, 11) is -3.67. The van der Waals surface area contributed by atoms with E-state index < -0.39 is 10.0 Å². The average Bonchev–Trinajstić information content (AvgIpc) is 2.68. The monoisotopic (exact) mass is 386 g/mol. The number of amides is 1. The number of sulfonamides is 1. The molecule has 1 saturated heterocycles. The Morgan fingerprint density at radius 2 is 1.67 bits per heavy atom. The zero-order valence-corrected chi connectivity index (χ0v) is 16.4. The molecule has 27 heavy (non-hydrogen) atoms. The van der Waals surface area contributed by atoms with Crippen LogP contribution < -0.4 is 4.72 Å². The lowest BCUT2D eigenvalue weighted by atomic mass is 9.90. The van der Waals surface area contributed by atoms with Gasteiger partial charge in [0.05, 0.1) is 11.4 Å². The summed E-state index contributed by atoms with van der Waals surface area (Å²) in [6, 6.07) is 17.2. The molecule has 3 rings (SSSR count). The van der Waals surface area contributed by atoms with Crippen molar-refractivity contribution in [2.75, 3.05) is 19.6 Å². The largest absolute Gasteiger partial charge is 0.342 e. The number of carbonyl (C=O) groups excluding carboxylic acids is 1. The van der Waals surface area contributed by atoms with Gasteiger partial charge in [-0.3, -0.25) is 4.79 Å². The number of benzene rings is 2. The first-order valence-electron chi connectivity index (χ1n) is 9.33. The average molecular weight is 387 g/mol. The van der Waals surface area contributed by atoms with Crippen LogP contribution in [0.15, 0.2) is 59.5 Å². The Bertz CT molecular complexity index is 873. The highest BCUT2D eigenvalue weighted by Gasteiger charge is 2.24. The van der Waals surface area contributed by atoms with Gasteiger partial charge in [-0.1, -0.05) is 48.5 Å². The van der Waals surface area contributed by atoms with E-state index in [1.54, 1.807) is 36.1 Å². The number of hydrogen-bond acceptors (Lipinski definition) is 3. The van der Waals surface area contributed by atoms with Crippen molar-refractivity contribution >= 4 is 15.9 Å². The van der Waals surface area contributed by atoms with E-state index in [9.17, 15) is 13.2 Å². The fourth-order valence-electron chi connectivity index (χ4n) is 3.54. The molecule has 0 unspecified atom stereocenters. The van der Waals surface area contributed by atoms with Crippen molar-refractivity contribution in [1.29, 1.82) is 0 Å². The molecule has 1 fully saturated rings. The van der Waals surface area contributed by atoms with E-state index in [2.05, 4.69) is 29.0 Å². The molecule has 1 aliphatic rings. The molecule has 2 aromatic carbocycles. The molecule has 0 spiro atoms. The molecule has 5 nitrogen and oxygen atoms in total. The molecular formula is C21H26N2O3S. The van der Waals surface area contributed by atoms with Crippen molar-refractivity contribution in [3.05, 3.63) is 65.7 Å². The maximum atomic E-state index is 12.4. The van der Waals surface area contributed by atoms with Gasteiger partial charge in [-0.2, -0.15) is 0 Å². The predicted octanol–water partition coefficient (Wildman–Crippen LogP) is 2.75. The Labute approximate surface area is 161 Å². The number of rotatable bonds is 6. The standard InChI is InChI=1S/C21H26N2O3S/c1-17-7-5-6-10-20(17)27(25,26)22-16-21(24)23-13-11-19(12-14-23)15-18-8-3-2-4-9-18/h2-10,19,22H,11-16H2,1H3. The van der Waals surface area contributed by atoms with Gasteiger partial charge >= 0.3 is 0 Å². The third kappa shape index (κ3) is 5.17. The van der Waals surface area contributed by atoms with Gasteiger partial charge in [-0.25, -0.2) is 13.1 Å². The topological polar surface area (TPSA) is 66.5 Å². The zero-order valence-electron chi connectivity index (χ0n) is 15.6. The molecule has 0 atom stereocenters. The number of aryl methyl sites for hydroxylation is 1. The van der Waals surface area contributed by atoms with Crippen molar-refractivity contribution < 1.29 is 13.2 Å². The predicted molar refractivity (Wildman–Crippen MR) is 106 cm³/mol. The molecule has 2 aromatic rings. The Morgan fingerprint density at radius 3 is 2.33 bits per heavy atom. The summed E-state index contributed by atoms with van der Waals surface area (Å²) in [4.78, 5) is 14.4. The summed E-state index contributed by atoms with van der Waals surface area (Å²) in [5.41, 5.74) is 1.99. The van der Waals surface area contributed by atoms with Gasteiger partial charge in [0, 0.05) is 13.1 Å². The fraction of sp³-hybridized carbons (Fsp3) is 0.381. The smallest absolute Gasteiger partial charge is 0.241 e. The van der Waals surface area contributed by atoms with Crippen LogP contribution in [0.2, 0.25) is 0 Å². The van der Waals surface area contributed by atoms with Crippen LogP contribution in [0.4, 0.5) is 0 Å². The summed E-state index contributed by atoms with van der Waals surface area (Å²) in [5.74, 6) is 0.408. The Morgan fingerprint density at radius 1 is 1.04 bits per heavy atom. The number of hydrogen-bond donors (Lipinski definition) is 1. The molecule has 0 aromatic heterocycles. The summed E-state index contributed by atoms with van der Waals surface area (Å²) in [6.07, 6.45) is 2.93. The number of carbonyl (C=O) groups is 1. The number of piperidine rings is 1. The van der Waals surface area contributed by atoms with Crippen LogP contribution in [-0.4, -0.2) is 38.9 Å². The van der Waals surface area contributed by atoms with E-state index in [1.165, 1.54) is 5.56 Å². The van der Waals surface area contributed by atoms with Crippen molar-refractivity contribution in [2.24, 2.45) is 5.92 Å². The molecule has 0 bridgehead atoms. The molecule has 144 valence electrons. The minimum absolute atomic E-state index is 0.162. The molecular weight excluding hydrogens is 360 g/mol. The quantitative estimate of drug-likeness (QED) is 0.830. The first-order valence-corrected chi connectivity index (χ1v) is 10.8. The van der Waals surface area contributed by atoms with E-state index in [0.29, 0.717) is 24.6 Å². The normalized spacial score (nSPS) is 15.7. The van der Waals surface area contributed by atoms with E-state index in [1.807, 2.05) is 6.07 Å². The molecule has 1 amide bonds. The van der Waals surface area contributed by atoms with Crippen LogP contribution >= 0.6 is 0 Å². The number of likely N-dealkylation sites (tertiary alicyclic amines) is 1. The van der Waals surface area contributed by atoms with E-state index in [-0.39, 0.29) is 17.3 Å². The van der Waals surface area contributed by atoms with Crippen LogP contribution in [0.3, 0.4) is 0 Å². The Kier molecular flexibility index (Phi) is 6.29. The van der Waals surface area contributed by atoms with Gasteiger partial charge in [0.15, 0.2) is 0 Å². The molecule has 1 N–H and O–H groups in total. The van der Waals surface area contributed by atoms with Gasteiger partial charge < -0.3 is 4.90 Å². The van der Waals surface area contributed by atoms with Crippen LogP contribution in [0.5, 0.6) is 0 Å². The van der Waals surface area contributed by atoms with Gasteiger partial charge in [0.25, 0.3) is 0 Å². The lowest BCUT2D eigenvalue weighted by Crippen LogP contribution is -2.44. The van der Waals surface area contributed by atoms with E-state index >= 15 is 0 Å². The Balaban J connectivity index is 1.49. The van der Waals surface area contributed by atoms with Crippen molar-refractivity contribution in [3.63, 3.8) is 0 Å². The minimum atomic E-state index is -3.67. The third-order valence-electron chi connectivity index (χ3n) is 5.13. The lowest BCUT2D eigenvalue weighted by molar-refractivity contribution is -0.131. The lowest BCUT2D eigenvalue weighted by Gasteiger charge is -2.32. The number of nitrogens with zero attached hydrogens (tertiary/aromatic N) is 1. The highest BCUT2D eigenvalue weighted by molar-refractivity contribution is 7.89. The van der Waals surface area contributed by atoms with Crippen LogP contribution in [0.25, 0.3) is 0 Å². The molecule has 1 heterocycles. The Hall–Kier alpha value is -2.18. The van der Waals surface area contributed by atoms with Crippen molar-refractivity contribution in [2.45, 2.75) is 31.1 Å². The second kappa shape index (κ2) is 8.67. The van der Waals surface area contributed by atoms with Crippen molar-refractivity contribution in [3.8, 4) is 0 Å². The maximum Gasteiger partial charge on any atom is 0.241 e. The van der Waals surface area contributed by atoms with Crippen LogP contribution in [-0.2, 0) is 21.2 Å². The molecule has 6 heteroatoms. The van der Waals surface area contributed by atoms with Gasteiger partial charge in [-0.15, -0.1) is 0 Å². The molecule has 1 aliphatic heterocycles.